The molecule has 0 atom stereocenters. The molecule has 2 heterocycles. The standard InChI is InChI=1S/C22H23ClF3N5O3S2/c1-2-4-16(29-21(27)28)19-18(30-20(35-19)13-7-10-34-11-8-13)14-5-3-6-15(17(14)23)31-36(32,33)12-9-22(24,25)26/h1,3-6,13,31H,7-12H2,(H4,27,28,29)/b16-4-. The largest absolute Gasteiger partial charge is 0.390 e. The third-order valence-electron chi connectivity index (χ3n) is 5.09. The zero-order valence-electron chi connectivity index (χ0n) is 18.8. The number of nitrogens with one attached hydrogen (secondary N) is 1. The van der Waals surface area contributed by atoms with Crippen LogP contribution in [0.4, 0.5) is 18.9 Å². The van der Waals surface area contributed by atoms with Gasteiger partial charge in [-0.1, -0.05) is 29.7 Å². The van der Waals surface area contributed by atoms with E-state index in [0.29, 0.717) is 29.3 Å². The topological polar surface area (TPSA) is 133 Å². The zero-order chi connectivity index (χ0) is 26.5. The number of alkyl halides is 3. The fourth-order valence-corrected chi connectivity index (χ4v) is 6.08. The molecule has 0 radical (unpaired) electrons. The molecule has 0 bridgehead atoms. The van der Waals surface area contributed by atoms with E-state index < -0.39 is 28.4 Å². The van der Waals surface area contributed by atoms with Crippen molar-refractivity contribution in [1.29, 1.82) is 0 Å². The number of hydrogen-bond donors (Lipinski definition) is 3. The first kappa shape index (κ1) is 27.8. The van der Waals surface area contributed by atoms with Gasteiger partial charge in [-0.3, -0.25) is 4.72 Å². The molecular weight excluding hydrogens is 539 g/mol. The number of anilines is 1. The second-order valence-corrected chi connectivity index (χ2v) is 11.1. The molecule has 8 nitrogen and oxygen atoms in total. The summed E-state index contributed by atoms with van der Waals surface area (Å²) in [6.45, 7) is 1.15. The van der Waals surface area contributed by atoms with Crippen molar-refractivity contribution in [2.45, 2.75) is 31.4 Å². The number of terminal acetylenes is 1. The summed E-state index contributed by atoms with van der Waals surface area (Å²) in [6.07, 6.45) is 2.21. The summed E-state index contributed by atoms with van der Waals surface area (Å²) in [5.74, 6) is 1.10. The number of sulfonamides is 1. The van der Waals surface area contributed by atoms with E-state index in [-0.39, 0.29) is 28.3 Å². The van der Waals surface area contributed by atoms with E-state index in [0.717, 1.165) is 17.8 Å². The van der Waals surface area contributed by atoms with Crippen LogP contribution in [0.2, 0.25) is 5.02 Å². The number of guanidine groups is 1. The molecule has 194 valence electrons. The molecule has 1 aromatic heterocycles. The van der Waals surface area contributed by atoms with E-state index in [1.165, 1.54) is 29.5 Å². The number of ether oxygens (including phenoxy) is 1. The van der Waals surface area contributed by atoms with Crippen LogP contribution >= 0.6 is 22.9 Å². The minimum atomic E-state index is -4.62. The number of hydrogen-bond acceptors (Lipinski definition) is 6. The van der Waals surface area contributed by atoms with Crippen LogP contribution in [-0.4, -0.2) is 44.5 Å². The lowest BCUT2D eigenvalue weighted by molar-refractivity contribution is -0.129. The molecular formula is C22H23ClF3N5O3S2. The number of benzene rings is 1. The Bertz CT molecular complexity index is 1310. The summed E-state index contributed by atoms with van der Waals surface area (Å²) in [5.41, 5.74) is 12.0. The number of allylic oxidation sites excluding steroid dienone is 1. The molecule has 1 aliphatic heterocycles. The third-order valence-corrected chi connectivity index (χ3v) is 8.01. The maximum atomic E-state index is 12.5. The number of aliphatic imine (C=N–C) groups is 1. The lowest BCUT2D eigenvalue weighted by atomic mass is 10.0. The number of thiazole rings is 1. The van der Waals surface area contributed by atoms with Crippen LogP contribution in [-0.2, 0) is 14.8 Å². The van der Waals surface area contributed by atoms with Crippen LogP contribution in [0, 0.1) is 12.3 Å². The van der Waals surface area contributed by atoms with Crippen LogP contribution in [0.5, 0.6) is 0 Å². The van der Waals surface area contributed by atoms with Gasteiger partial charge in [0, 0.05) is 30.8 Å². The Morgan fingerprint density at radius 1 is 1.36 bits per heavy atom. The molecule has 1 aliphatic rings. The van der Waals surface area contributed by atoms with E-state index >= 15 is 0 Å². The number of halogens is 4. The van der Waals surface area contributed by atoms with Crippen LogP contribution < -0.4 is 16.2 Å². The van der Waals surface area contributed by atoms with Crippen molar-refractivity contribution in [2.75, 3.05) is 23.7 Å². The highest BCUT2D eigenvalue weighted by Crippen LogP contribution is 2.43. The fraction of sp³-hybridized carbons (Fsp3) is 0.364. The molecule has 1 aromatic carbocycles. The van der Waals surface area contributed by atoms with Gasteiger partial charge in [0.1, 0.15) is 0 Å². The van der Waals surface area contributed by atoms with Gasteiger partial charge >= 0.3 is 6.18 Å². The molecule has 36 heavy (non-hydrogen) atoms. The SMILES string of the molecule is C#C/C=C(\N=C(N)N)c1sc(C2CCOCC2)nc1-c1cccc(NS(=O)(=O)CCC(F)(F)F)c1Cl. The lowest BCUT2D eigenvalue weighted by Crippen LogP contribution is -2.22. The van der Waals surface area contributed by atoms with Crippen molar-refractivity contribution >= 4 is 50.3 Å². The van der Waals surface area contributed by atoms with Crippen molar-refractivity contribution < 1.29 is 26.3 Å². The maximum Gasteiger partial charge on any atom is 0.390 e. The van der Waals surface area contributed by atoms with Gasteiger partial charge in [0.05, 0.1) is 44.2 Å². The van der Waals surface area contributed by atoms with Gasteiger partial charge < -0.3 is 16.2 Å². The summed E-state index contributed by atoms with van der Waals surface area (Å²) < 4.78 is 69.7. The van der Waals surface area contributed by atoms with E-state index in [1.807, 2.05) is 0 Å². The summed E-state index contributed by atoms with van der Waals surface area (Å²) in [6, 6.07) is 4.45. The molecule has 0 spiro atoms. The van der Waals surface area contributed by atoms with E-state index in [4.69, 9.17) is 39.2 Å². The monoisotopic (exact) mass is 561 g/mol. The Hall–Kier alpha value is -2.79. The van der Waals surface area contributed by atoms with Gasteiger partial charge in [0.2, 0.25) is 10.0 Å². The van der Waals surface area contributed by atoms with Gasteiger partial charge in [-0.15, -0.1) is 17.8 Å². The van der Waals surface area contributed by atoms with Gasteiger partial charge in [-0.25, -0.2) is 18.4 Å². The van der Waals surface area contributed by atoms with Crippen LogP contribution in [0.1, 0.15) is 35.1 Å². The van der Waals surface area contributed by atoms with Gasteiger partial charge in [-0.05, 0) is 18.9 Å². The average Bonchev–Trinajstić information content (AvgIpc) is 3.24. The first-order valence-electron chi connectivity index (χ1n) is 10.6. The highest BCUT2D eigenvalue weighted by Gasteiger charge is 2.30. The average molecular weight is 562 g/mol. The van der Waals surface area contributed by atoms with E-state index in [2.05, 4.69) is 15.6 Å². The highest BCUT2D eigenvalue weighted by atomic mass is 35.5. The van der Waals surface area contributed by atoms with Crippen molar-refractivity contribution in [3.8, 4) is 23.6 Å². The van der Waals surface area contributed by atoms with Gasteiger partial charge in [0.15, 0.2) is 5.96 Å². The fourth-order valence-electron chi connectivity index (χ4n) is 3.44. The summed E-state index contributed by atoms with van der Waals surface area (Å²) in [7, 11) is -4.33. The Morgan fingerprint density at radius 2 is 2.06 bits per heavy atom. The number of aromatic nitrogens is 1. The molecule has 1 saturated heterocycles. The predicted molar refractivity (Wildman–Crippen MR) is 136 cm³/mol. The summed E-state index contributed by atoms with van der Waals surface area (Å²) in [4.78, 5) is 9.39. The molecule has 14 heteroatoms. The van der Waals surface area contributed by atoms with Crippen LogP contribution in [0.15, 0.2) is 29.3 Å². The molecule has 3 rings (SSSR count). The zero-order valence-corrected chi connectivity index (χ0v) is 21.2. The smallest absolute Gasteiger partial charge is 0.381 e. The number of rotatable bonds is 8. The normalized spacial score (nSPS) is 15.4. The van der Waals surface area contributed by atoms with E-state index in [9.17, 15) is 21.6 Å². The summed E-state index contributed by atoms with van der Waals surface area (Å²) >= 11 is 7.86. The Labute approximate surface area is 215 Å². The number of nitrogens with zero attached hydrogens (tertiary/aromatic N) is 2. The van der Waals surface area contributed by atoms with Crippen molar-refractivity contribution in [1.82, 2.24) is 4.98 Å². The second kappa shape index (κ2) is 11.5. The van der Waals surface area contributed by atoms with Crippen molar-refractivity contribution in [2.24, 2.45) is 16.5 Å². The van der Waals surface area contributed by atoms with Gasteiger partial charge in [0.25, 0.3) is 0 Å². The number of nitrogens with two attached hydrogens (primary N) is 2. The Balaban J connectivity index is 2.08. The molecule has 0 aliphatic carbocycles. The quantitative estimate of drug-likeness (QED) is 0.250. The van der Waals surface area contributed by atoms with Gasteiger partial charge in [-0.2, -0.15) is 13.2 Å². The van der Waals surface area contributed by atoms with Crippen LogP contribution in [0.3, 0.4) is 0 Å². The third kappa shape index (κ3) is 7.36. The molecule has 5 N–H and O–H groups in total. The molecule has 1 fully saturated rings. The first-order valence-corrected chi connectivity index (χ1v) is 13.5. The molecule has 0 saturated carbocycles. The lowest BCUT2D eigenvalue weighted by Gasteiger charge is -2.19. The maximum absolute atomic E-state index is 12.5. The first-order chi connectivity index (χ1) is 16.9. The second-order valence-electron chi connectivity index (χ2n) is 7.80. The van der Waals surface area contributed by atoms with Crippen LogP contribution in [0.25, 0.3) is 17.0 Å². The Kier molecular flexibility index (Phi) is 8.89. The highest BCUT2D eigenvalue weighted by molar-refractivity contribution is 7.92. The van der Waals surface area contributed by atoms with Crippen molar-refractivity contribution in [3.05, 3.63) is 39.2 Å². The molecule has 0 amide bonds. The predicted octanol–water partition coefficient (Wildman–Crippen LogP) is 4.30. The molecule has 2 aromatic rings. The van der Waals surface area contributed by atoms with Crippen molar-refractivity contribution in [3.63, 3.8) is 0 Å². The molecule has 0 unspecified atom stereocenters. The van der Waals surface area contributed by atoms with E-state index in [1.54, 1.807) is 6.07 Å². The summed E-state index contributed by atoms with van der Waals surface area (Å²) in [5, 5.41) is 0.715. The Morgan fingerprint density at radius 3 is 2.67 bits per heavy atom. The minimum Gasteiger partial charge on any atom is -0.381 e. The minimum absolute atomic E-state index is 0.0529.